The molecule has 1 aliphatic heterocycles. The van der Waals surface area contributed by atoms with Crippen molar-refractivity contribution in [2.24, 2.45) is 11.7 Å². The zero-order valence-corrected chi connectivity index (χ0v) is 12.2. The number of nitrogens with two attached hydrogens (primary N) is 1. The zero-order valence-electron chi connectivity index (χ0n) is 12.2. The van der Waals surface area contributed by atoms with E-state index < -0.39 is 0 Å². The van der Waals surface area contributed by atoms with Gasteiger partial charge in [0.2, 0.25) is 0 Å². The zero-order chi connectivity index (χ0) is 14.7. The van der Waals surface area contributed by atoms with Crippen LogP contribution in [0.3, 0.4) is 0 Å². The van der Waals surface area contributed by atoms with E-state index in [1.165, 1.54) is 0 Å². The largest absolute Gasteiger partial charge is 0.493 e. The minimum atomic E-state index is 0.209. The van der Waals surface area contributed by atoms with Gasteiger partial charge in [-0.25, -0.2) is 0 Å². The van der Waals surface area contributed by atoms with Crippen molar-refractivity contribution in [3.8, 4) is 17.6 Å². The third kappa shape index (κ3) is 2.58. The summed E-state index contributed by atoms with van der Waals surface area (Å²) in [6.07, 6.45) is 0.974. The van der Waals surface area contributed by atoms with Crippen LogP contribution in [0.5, 0.6) is 11.5 Å². The molecular formula is C15H21N3O2. The van der Waals surface area contributed by atoms with Gasteiger partial charge in [-0.05, 0) is 32.0 Å². The number of hydrogen-bond donors (Lipinski definition) is 1. The Balaban J connectivity index is 2.47. The Bertz CT molecular complexity index is 525. The lowest BCUT2D eigenvalue weighted by Crippen LogP contribution is -2.21. The highest BCUT2D eigenvalue weighted by molar-refractivity contribution is 5.54. The molecular weight excluding hydrogens is 254 g/mol. The van der Waals surface area contributed by atoms with Gasteiger partial charge in [0.1, 0.15) is 0 Å². The van der Waals surface area contributed by atoms with Gasteiger partial charge in [0, 0.05) is 24.2 Å². The van der Waals surface area contributed by atoms with E-state index in [1.807, 2.05) is 6.07 Å². The van der Waals surface area contributed by atoms with Crippen LogP contribution in [0.1, 0.15) is 23.6 Å². The normalized spacial score (nSPS) is 22.6. The summed E-state index contributed by atoms with van der Waals surface area (Å²) in [7, 11) is 5.29. The van der Waals surface area contributed by atoms with E-state index in [0.29, 0.717) is 29.5 Å². The first kappa shape index (κ1) is 14.6. The van der Waals surface area contributed by atoms with Crippen molar-refractivity contribution in [3.63, 3.8) is 0 Å². The van der Waals surface area contributed by atoms with E-state index in [1.54, 1.807) is 20.3 Å². The van der Waals surface area contributed by atoms with Crippen molar-refractivity contribution in [2.45, 2.75) is 12.5 Å². The topological polar surface area (TPSA) is 71.5 Å². The van der Waals surface area contributed by atoms with Crippen LogP contribution in [0, 0.1) is 17.2 Å². The molecule has 2 unspecified atom stereocenters. The molecule has 0 spiro atoms. The van der Waals surface area contributed by atoms with Gasteiger partial charge in [-0.15, -0.1) is 0 Å². The molecule has 2 rings (SSSR count). The number of hydrogen-bond acceptors (Lipinski definition) is 5. The van der Waals surface area contributed by atoms with Crippen molar-refractivity contribution in [3.05, 3.63) is 23.3 Å². The van der Waals surface area contributed by atoms with Gasteiger partial charge in [0.05, 0.1) is 25.9 Å². The van der Waals surface area contributed by atoms with Gasteiger partial charge in [-0.1, -0.05) is 0 Å². The number of nitriles is 1. The minimum Gasteiger partial charge on any atom is -0.493 e. The molecule has 1 aromatic carbocycles. The highest BCUT2D eigenvalue weighted by Gasteiger charge is 2.32. The Labute approximate surface area is 119 Å². The average molecular weight is 275 g/mol. The lowest BCUT2D eigenvalue weighted by molar-refractivity contribution is 0.296. The fourth-order valence-corrected chi connectivity index (χ4v) is 2.95. The first-order chi connectivity index (χ1) is 9.64. The number of nitrogens with zero attached hydrogens (tertiary/aromatic N) is 2. The van der Waals surface area contributed by atoms with Crippen molar-refractivity contribution in [2.75, 3.05) is 34.4 Å². The van der Waals surface area contributed by atoms with E-state index in [0.717, 1.165) is 18.5 Å². The van der Waals surface area contributed by atoms with Crippen LogP contribution < -0.4 is 15.2 Å². The van der Waals surface area contributed by atoms with Crippen LogP contribution in [0.2, 0.25) is 0 Å². The predicted molar refractivity (Wildman–Crippen MR) is 76.8 cm³/mol. The first-order valence-corrected chi connectivity index (χ1v) is 6.70. The molecule has 0 saturated carbocycles. The maximum atomic E-state index is 9.17. The first-order valence-electron chi connectivity index (χ1n) is 6.70. The second kappa shape index (κ2) is 6.12. The van der Waals surface area contributed by atoms with Gasteiger partial charge >= 0.3 is 0 Å². The number of methoxy groups -OCH3 is 2. The Morgan fingerprint density at radius 2 is 2.15 bits per heavy atom. The Morgan fingerprint density at radius 3 is 2.65 bits per heavy atom. The summed E-state index contributed by atoms with van der Waals surface area (Å²) < 4.78 is 10.9. The summed E-state index contributed by atoms with van der Waals surface area (Å²) in [6.45, 7) is 1.64. The molecule has 0 bridgehead atoms. The third-order valence-corrected chi connectivity index (χ3v) is 3.96. The summed E-state index contributed by atoms with van der Waals surface area (Å²) >= 11 is 0. The standard InChI is InChI=1S/C15H21N3O2/c1-18-9-11(8-17)5-13(18)12-4-10(7-16)6-14(19-2)15(12)20-3/h4,6,11,13H,5,8-9,17H2,1-3H3. The quantitative estimate of drug-likeness (QED) is 0.902. The van der Waals surface area contributed by atoms with E-state index in [4.69, 9.17) is 15.2 Å². The van der Waals surface area contributed by atoms with Gasteiger partial charge in [0.25, 0.3) is 0 Å². The van der Waals surface area contributed by atoms with E-state index >= 15 is 0 Å². The second-order valence-corrected chi connectivity index (χ2v) is 5.21. The molecule has 5 heteroatoms. The maximum Gasteiger partial charge on any atom is 0.165 e. The summed E-state index contributed by atoms with van der Waals surface area (Å²) in [4.78, 5) is 2.26. The summed E-state index contributed by atoms with van der Waals surface area (Å²) in [6, 6.07) is 5.98. The van der Waals surface area contributed by atoms with Crippen LogP contribution in [0.25, 0.3) is 0 Å². The third-order valence-electron chi connectivity index (χ3n) is 3.96. The predicted octanol–water partition coefficient (Wildman–Crippen LogP) is 1.53. The van der Waals surface area contributed by atoms with Crippen LogP contribution in [0.4, 0.5) is 0 Å². The molecule has 0 aliphatic carbocycles. The fraction of sp³-hybridized carbons (Fsp3) is 0.533. The minimum absolute atomic E-state index is 0.209. The lowest BCUT2D eigenvalue weighted by Gasteiger charge is -2.23. The monoisotopic (exact) mass is 275 g/mol. The van der Waals surface area contributed by atoms with Gasteiger partial charge in [-0.2, -0.15) is 5.26 Å². The summed E-state index contributed by atoms with van der Waals surface area (Å²) in [5, 5.41) is 9.17. The molecule has 1 fully saturated rings. The molecule has 1 aromatic rings. The molecule has 108 valence electrons. The van der Waals surface area contributed by atoms with Crippen molar-refractivity contribution >= 4 is 0 Å². The number of benzene rings is 1. The Hall–Kier alpha value is -1.77. The van der Waals surface area contributed by atoms with Crippen LogP contribution in [-0.4, -0.2) is 39.3 Å². The lowest BCUT2D eigenvalue weighted by atomic mass is 9.97. The summed E-state index contributed by atoms with van der Waals surface area (Å²) in [5.41, 5.74) is 7.37. The van der Waals surface area contributed by atoms with Crippen molar-refractivity contribution < 1.29 is 9.47 Å². The summed E-state index contributed by atoms with van der Waals surface area (Å²) in [5.74, 6) is 1.79. The Kier molecular flexibility index (Phi) is 4.48. The van der Waals surface area contributed by atoms with Crippen molar-refractivity contribution in [1.29, 1.82) is 5.26 Å². The maximum absolute atomic E-state index is 9.17. The van der Waals surface area contributed by atoms with Gasteiger partial charge in [0.15, 0.2) is 11.5 Å². The van der Waals surface area contributed by atoms with E-state index in [-0.39, 0.29) is 6.04 Å². The molecule has 0 radical (unpaired) electrons. The molecule has 5 nitrogen and oxygen atoms in total. The van der Waals surface area contributed by atoms with Crippen LogP contribution in [0.15, 0.2) is 12.1 Å². The second-order valence-electron chi connectivity index (χ2n) is 5.21. The fourth-order valence-electron chi connectivity index (χ4n) is 2.95. The molecule has 20 heavy (non-hydrogen) atoms. The Morgan fingerprint density at radius 1 is 1.40 bits per heavy atom. The molecule has 1 saturated heterocycles. The molecule has 2 N–H and O–H groups in total. The molecule has 1 aliphatic rings. The van der Waals surface area contributed by atoms with E-state index in [9.17, 15) is 5.26 Å². The van der Waals surface area contributed by atoms with Crippen LogP contribution >= 0.6 is 0 Å². The molecule has 0 aromatic heterocycles. The highest BCUT2D eigenvalue weighted by Crippen LogP contribution is 2.42. The number of rotatable bonds is 4. The number of likely N-dealkylation sites (tertiary alicyclic amines) is 1. The average Bonchev–Trinajstić information content (AvgIpc) is 2.86. The number of ether oxygens (including phenoxy) is 2. The SMILES string of the molecule is COc1cc(C#N)cc(C2CC(CN)CN2C)c1OC. The van der Waals surface area contributed by atoms with Crippen molar-refractivity contribution in [1.82, 2.24) is 4.90 Å². The molecule has 0 amide bonds. The van der Waals surface area contributed by atoms with Crippen LogP contribution in [-0.2, 0) is 0 Å². The molecule has 1 heterocycles. The highest BCUT2D eigenvalue weighted by atomic mass is 16.5. The van der Waals surface area contributed by atoms with Gasteiger partial charge < -0.3 is 15.2 Å². The molecule has 2 atom stereocenters. The van der Waals surface area contributed by atoms with E-state index in [2.05, 4.69) is 18.0 Å². The van der Waals surface area contributed by atoms with Gasteiger partial charge in [-0.3, -0.25) is 4.90 Å². The smallest absolute Gasteiger partial charge is 0.165 e.